The van der Waals surface area contributed by atoms with Crippen LogP contribution in [0.2, 0.25) is 0 Å². The maximum Gasteiger partial charge on any atom is 0.220 e. The zero-order chi connectivity index (χ0) is 44.9. The molecule has 0 rings (SSSR count). The minimum absolute atomic E-state index is 0.0777. The van der Waals surface area contributed by atoms with Crippen molar-refractivity contribution in [1.82, 2.24) is 5.32 Å². The van der Waals surface area contributed by atoms with Crippen LogP contribution in [0.5, 0.6) is 0 Å². The fourth-order valence-electron chi connectivity index (χ4n) is 7.57. The highest BCUT2D eigenvalue weighted by Gasteiger charge is 2.18. The minimum atomic E-state index is -0.851. The van der Waals surface area contributed by atoms with Gasteiger partial charge in [-0.1, -0.05) is 259 Å². The van der Waals surface area contributed by atoms with Crippen molar-refractivity contribution in [2.75, 3.05) is 6.61 Å². The van der Waals surface area contributed by atoms with Crippen molar-refractivity contribution in [3.8, 4) is 0 Å². The Bertz CT molecular complexity index is 1160. The molecule has 356 valence electrons. The van der Waals surface area contributed by atoms with E-state index in [1.807, 2.05) is 6.08 Å². The number of hydrogen-bond acceptors (Lipinski definition) is 3. The van der Waals surface area contributed by atoms with E-state index in [9.17, 15) is 15.0 Å². The lowest BCUT2D eigenvalue weighted by Gasteiger charge is -2.20. The SMILES string of the molecule is CC/C=C\C/C=C\C/C=C\C/C=C\C/C=C\C/C=C\C/C=C\CCCCCCCCCC(=O)NC(CO)C(O)/C=C/CCCCCCCCCCCCCCCCCCCCC. The Balaban J connectivity index is 3.62. The largest absolute Gasteiger partial charge is 0.394 e. The maximum absolute atomic E-state index is 12.5. The Morgan fingerprint density at radius 3 is 1.06 bits per heavy atom. The maximum atomic E-state index is 12.5. The molecule has 0 fully saturated rings. The summed E-state index contributed by atoms with van der Waals surface area (Å²) in [6, 6.07) is -0.636. The predicted molar refractivity (Wildman–Crippen MR) is 276 cm³/mol. The molecular weight excluding hydrogens is 759 g/mol. The first-order chi connectivity index (χ1) is 30.7. The number of carbonyl (C=O) groups excluding carboxylic acids is 1. The molecule has 0 aliphatic rings. The Hall–Kier alpha value is -2.69. The normalized spacial score (nSPS) is 13.7. The number of hydrogen-bond donors (Lipinski definition) is 3. The molecule has 0 saturated carbocycles. The van der Waals surface area contributed by atoms with Gasteiger partial charge in [0.2, 0.25) is 5.91 Å². The van der Waals surface area contributed by atoms with Crippen LogP contribution in [0.1, 0.15) is 245 Å². The van der Waals surface area contributed by atoms with Crippen LogP contribution in [-0.2, 0) is 4.79 Å². The van der Waals surface area contributed by atoms with Gasteiger partial charge < -0.3 is 15.5 Å². The van der Waals surface area contributed by atoms with Crippen LogP contribution >= 0.6 is 0 Å². The molecule has 2 unspecified atom stereocenters. The van der Waals surface area contributed by atoms with Gasteiger partial charge in [-0.3, -0.25) is 4.79 Å². The monoisotopic (exact) mass is 860 g/mol. The highest BCUT2D eigenvalue weighted by molar-refractivity contribution is 5.76. The van der Waals surface area contributed by atoms with Gasteiger partial charge in [0.1, 0.15) is 0 Å². The second kappa shape index (κ2) is 52.7. The van der Waals surface area contributed by atoms with Crippen molar-refractivity contribution >= 4 is 5.91 Å². The summed E-state index contributed by atoms with van der Waals surface area (Å²) in [7, 11) is 0. The standard InChI is InChI=1S/C58H101NO3/c1-3-5-7-9-11-13-15-17-19-21-23-25-26-27-28-29-30-31-32-34-36-38-40-42-44-46-48-50-52-54-58(62)59-56(55-60)57(61)53-51-49-47-45-43-41-39-37-35-33-24-22-20-18-16-14-12-10-8-6-4-2/h5,7,11,13,17,19,23,25,27-28,30-31,34,36,51,53,56-57,60-61H,3-4,6,8-10,12,14-16,18,20-22,24,26,29,32-33,35,37-50,52,54-55H2,1-2H3,(H,59,62)/b7-5-,13-11-,19-17-,25-23-,28-27-,31-30-,36-34-,53-51+. The van der Waals surface area contributed by atoms with Crippen molar-refractivity contribution in [2.45, 2.75) is 257 Å². The first-order valence-corrected chi connectivity index (χ1v) is 26.5. The summed E-state index contributed by atoms with van der Waals surface area (Å²) in [5, 5.41) is 23.1. The molecule has 2 atom stereocenters. The summed E-state index contributed by atoms with van der Waals surface area (Å²) in [6.07, 6.45) is 78.3. The third-order valence-corrected chi connectivity index (χ3v) is 11.6. The second-order valence-corrected chi connectivity index (χ2v) is 17.6. The van der Waals surface area contributed by atoms with Crippen molar-refractivity contribution < 1.29 is 15.0 Å². The zero-order valence-electron chi connectivity index (χ0n) is 40.9. The molecule has 4 heteroatoms. The smallest absolute Gasteiger partial charge is 0.220 e. The highest BCUT2D eigenvalue weighted by atomic mass is 16.3. The number of nitrogens with one attached hydrogen (secondary N) is 1. The second-order valence-electron chi connectivity index (χ2n) is 17.6. The third-order valence-electron chi connectivity index (χ3n) is 11.6. The third kappa shape index (κ3) is 48.3. The summed E-state index contributed by atoms with van der Waals surface area (Å²) in [6.45, 7) is 4.20. The van der Waals surface area contributed by atoms with Crippen LogP contribution in [0, 0.1) is 0 Å². The molecule has 0 saturated heterocycles. The van der Waals surface area contributed by atoms with Gasteiger partial charge in [0.05, 0.1) is 18.8 Å². The first kappa shape index (κ1) is 59.3. The van der Waals surface area contributed by atoms with Crippen molar-refractivity contribution in [2.24, 2.45) is 0 Å². The van der Waals surface area contributed by atoms with E-state index in [4.69, 9.17) is 0 Å². The van der Waals surface area contributed by atoms with E-state index in [0.717, 1.165) is 83.5 Å². The van der Waals surface area contributed by atoms with Gasteiger partial charge in [0, 0.05) is 6.42 Å². The highest BCUT2D eigenvalue weighted by Crippen LogP contribution is 2.16. The number of aliphatic hydroxyl groups is 2. The Morgan fingerprint density at radius 2 is 0.710 bits per heavy atom. The van der Waals surface area contributed by atoms with Crippen molar-refractivity contribution in [3.63, 3.8) is 0 Å². The fraction of sp³-hybridized carbons (Fsp3) is 0.707. The van der Waals surface area contributed by atoms with E-state index in [2.05, 4.69) is 104 Å². The average molecular weight is 860 g/mol. The number of carbonyl (C=O) groups is 1. The quantitative estimate of drug-likeness (QED) is 0.0422. The van der Waals surface area contributed by atoms with Gasteiger partial charge in [-0.2, -0.15) is 0 Å². The average Bonchev–Trinajstić information content (AvgIpc) is 3.28. The molecule has 0 heterocycles. The van der Waals surface area contributed by atoms with Gasteiger partial charge in [0.25, 0.3) is 0 Å². The number of amides is 1. The Labute approximate surface area is 385 Å². The lowest BCUT2D eigenvalue weighted by molar-refractivity contribution is -0.123. The van der Waals surface area contributed by atoms with Crippen LogP contribution < -0.4 is 5.32 Å². The molecule has 4 nitrogen and oxygen atoms in total. The summed E-state index contributed by atoms with van der Waals surface area (Å²) in [4.78, 5) is 12.5. The van der Waals surface area contributed by atoms with Gasteiger partial charge >= 0.3 is 0 Å². The Kier molecular flexibility index (Phi) is 50.4. The first-order valence-electron chi connectivity index (χ1n) is 26.5. The Morgan fingerprint density at radius 1 is 0.403 bits per heavy atom. The fourth-order valence-corrected chi connectivity index (χ4v) is 7.57. The molecule has 0 aromatic rings. The van der Waals surface area contributed by atoms with Gasteiger partial charge in [-0.25, -0.2) is 0 Å². The van der Waals surface area contributed by atoms with Gasteiger partial charge in [-0.05, 0) is 77.0 Å². The molecule has 0 aliphatic heterocycles. The lowest BCUT2D eigenvalue weighted by atomic mass is 10.0. The van der Waals surface area contributed by atoms with E-state index in [0.29, 0.717) is 6.42 Å². The summed E-state index contributed by atoms with van der Waals surface area (Å²) in [5.74, 6) is -0.0777. The molecule has 0 aromatic carbocycles. The van der Waals surface area contributed by atoms with E-state index in [1.165, 1.54) is 141 Å². The molecule has 0 spiro atoms. The van der Waals surface area contributed by atoms with Gasteiger partial charge in [-0.15, -0.1) is 0 Å². The topological polar surface area (TPSA) is 69.6 Å². The zero-order valence-corrected chi connectivity index (χ0v) is 40.9. The minimum Gasteiger partial charge on any atom is -0.394 e. The molecule has 62 heavy (non-hydrogen) atoms. The van der Waals surface area contributed by atoms with E-state index in [1.54, 1.807) is 6.08 Å². The van der Waals surface area contributed by atoms with Crippen LogP contribution in [0.3, 0.4) is 0 Å². The molecule has 0 radical (unpaired) electrons. The molecule has 3 N–H and O–H groups in total. The number of unbranched alkanes of at least 4 members (excludes halogenated alkanes) is 26. The summed E-state index contributed by atoms with van der Waals surface area (Å²) >= 11 is 0. The van der Waals surface area contributed by atoms with Crippen LogP contribution in [0.25, 0.3) is 0 Å². The molecular formula is C58H101NO3. The predicted octanol–water partition coefficient (Wildman–Crippen LogP) is 17.4. The van der Waals surface area contributed by atoms with Crippen LogP contribution in [0.4, 0.5) is 0 Å². The van der Waals surface area contributed by atoms with E-state index < -0.39 is 12.1 Å². The van der Waals surface area contributed by atoms with Crippen molar-refractivity contribution in [1.29, 1.82) is 0 Å². The van der Waals surface area contributed by atoms with Gasteiger partial charge in [0.15, 0.2) is 0 Å². The number of rotatable bonds is 47. The summed E-state index contributed by atoms with van der Waals surface area (Å²) in [5.41, 5.74) is 0. The van der Waals surface area contributed by atoms with Crippen LogP contribution in [0.15, 0.2) is 97.2 Å². The number of allylic oxidation sites excluding steroid dienone is 15. The van der Waals surface area contributed by atoms with E-state index >= 15 is 0 Å². The molecule has 0 aromatic heterocycles. The summed E-state index contributed by atoms with van der Waals surface area (Å²) < 4.78 is 0. The van der Waals surface area contributed by atoms with Crippen molar-refractivity contribution in [3.05, 3.63) is 97.2 Å². The van der Waals surface area contributed by atoms with E-state index in [-0.39, 0.29) is 12.5 Å². The molecule has 0 aliphatic carbocycles. The lowest BCUT2D eigenvalue weighted by Crippen LogP contribution is -2.45. The molecule has 0 bridgehead atoms. The number of aliphatic hydroxyl groups excluding tert-OH is 2. The molecule has 1 amide bonds. The van der Waals surface area contributed by atoms with Crippen LogP contribution in [-0.4, -0.2) is 34.9 Å².